The Morgan fingerprint density at radius 1 is 0.306 bits per heavy atom. The van der Waals surface area contributed by atoms with Crippen LogP contribution in [0.1, 0.15) is 0 Å². The second kappa shape index (κ2) is 12.4. The second-order valence-corrected chi connectivity index (χ2v) is 13.1. The van der Waals surface area contributed by atoms with Gasteiger partial charge in [-0.05, 0) is 51.6 Å². The van der Waals surface area contributed by atoms with E-state index in [2.05, 4.69) is 140 Å². The van der Waals surface area contributed by atoms with Gasteiger partial charge in [0.25, 0.3) is 0 Å². The highest BCUT2D eigenvalue weighted by Crippen LogP contribution is 2.42. The Kier molecular flexibility index (Phi) is 7.34. The molecular weight excluding hydrogens is 615 g/mol. The SMILES string of the molecule is c1ccc(-c2ccc(-c3nc(-c4ccccc4)nc(-c4ccc5c(c4)sc4cccc(-c6cccc(-c7ccccc7)c6)c45)n3)cc2)cc1. The van der Waals surface area contributed by atoms with Crippen molar-refractivity contribution in [2.45, 2.75) is 0 Å². The summed E-state index contributed by atoms with van der Waals surface area (Å²) in [5, 5.41) is 2.51. The summed E-state index contributed by atoms with van der Waals surface area (Å²) in [6, 6.07) is 61.6. The van der Waals surface area contributed by atoms with E-state index in [4.69, 9.17) is 15.0 Å². The van der Waals surface area contributed by atoms with Crippen molar-refractivity contribution in [2.24, 2.45) is 0 Å². The van der Waals surface area contributed by atoms with Crippen LogP contribution in [0.3, 0.4) is 0 Å². The van der Waals surface area contributed by atoms with Crippen LogP contribution in [0.15, 0.2) is 176 Å². The summed E-state index contributed by atoms with van der Waals surface area (Å²) in [5.74, 6) is 1.97. The third-order valence-electron chi connectivity index (χ3n) is 8.95. The lowest BCUT2D eigenvalue weighted by atomic mass is 9.96. The molecule has 0 fully saturated rings. The zero-order valence-corrected chi connectivity index (χ0v) is 27.3. The quantitative estimate of drug-likeness (QED) is 0.181. The first kappa shape index (κ1) is 29.0. The van der Waals surface area contributed by atoms with Crippen molar-refractivity contribution in [1.82, 2.24) is 15.0 Å². The molecule has 0 saturated carbocycles. The fraction of sp³-hybridized carbons (Fsp3) is 0. The Bertz CT molecular complexity index is 2580. The van der Waals surface area contributed by atoms with E-state index in [1.807, 2.05) is 47.7 Å². The van der Waals surface area contributed by atoms with Gasteiger partial charge in [0.1, 0.15) is 0 Å². The maximum atomic E-state index is 5.05. The minimum Gasteiger partial charge on any atom is -0.208 e. The first-order chi connectivity index (χ1) is 24.3. The largest absolute Gasteiger partial charge is 0.208 e. The summed E-state index contributed by atoms with van der Waals surface area (Å²) in [4.78, 5) is 15.0. The van der Waals surface area contributed by atoms with E-state index in [9.17, 15) is 0 Å². The molecule has 49 heavy (non-hydrogen) atoms. The third-order valence-corrected chi connectivity index (χ3v) is 10.1. The maximum absolute atomic E-state index is 5.05. The number of aromatic nitrogens is 3. The molecule has 9 rings (SSSR count). The van der Waals surface area contributed by atoms with E-state index < -0.39 is 0 Å². The van der Waals surface area contributed by atoms with E-state index >= 15 is 0 Å². The zero-order valence-electron chi connectivity index (χ0n) is 26.5. The van der Waals surface area contributed by atoms with Crippen LogP contribution in [0, 0.1) is 0 Å². The summed E-state index contributed by atoms with van der Waals surface area (Å²) in [7, 11) is 0. The molecule has 2 heterocycles. The summed E-state index contributed by atoms with van der Waals surface area (Å²) in [5.41, 5.74) is 10.1. The lowest BCUT2D eigenvalue weighted by Crippen LogP contribution is -2.00. The molecule has 230 valence electrons. The van der Waals surface area contributed by atoms with Gasteiger partial charge >= 0.3 is 0 Å². The molecule has 4 heteroatoms. The molecule has 7 aromatic carbocycles. The number of hydrogen-bond acceptors (Lipinski definition) is 4. The summed E-state index contributed by atoms with van der Waals surface area (Å²) in [6.45, 7) is 0. The van der Waals surface area contributed by atoms with Gasteiger partial charge in [-0.15, -0.1) is 11.3 Å². The van der Waals surface area contributed by atoms with Gasteiger partial charge in [-0.25, -0.2) is 15.0 Å². The number of rotatable bonds is 6. The van der Waals surface area contributed by atoms with Gasteiger partial charge in [-0.2, -0.15) is 0 Å². The number of thiophene rings is 1. The average molecular weight is 644 g/mol. The van der Waals surface area contributed by atoms with Crippen LogP contribution in [-0.4, -0.2) is 15.0 Å². The molecule has 0 amide bonds. The normalized spacial score (nSPS) is 11.3. The topological polar surface area (TPSA) is 38.7 Å². The van der Waals surface area contributed by atoms with E-state index in [0.29, 0.717) is 17.5 Å². The smallest absolute Gasteiger partial charge is 0.164 e. The van der Waals surface area contributed by atoms with Gasteiger partial charge in [0.15, 0.2) is 17.5 Å². The Morgan fingerprint density at radius 2 is 0.776 bits per heavy atom. The molecule has 0 aliphatic rings. The number of nitrogens with zero attached hydrogens (tertiary/aromatic N) is 3. The summed E-state index contributed by atoms with van der Waals surface area (Å²) in [6.07, 6.45) is 0. The van der Waals surface area contributed by atoms with Crippen LogP contribution in [0.4, 0.5) is 0 Å². The van der Waals surface area contributed by atoms with Crippen molar-refractivity contribution < 1.29 is 0 Å². The molecule has 9 aromatic rings. The van der Waals surface area contributed by atoms with E-state index in [1.54, 1.807) is 0 Å². The van der Waals surface area contributed by atoms with Crippen LogP contribution < -0.4 is 0 Å². The average Bonchev–Trinajstić information content (AvgIpc) is 3.57. The Labute approximate surface area is 288 Å². The fourth-order valence-electron chi connectivity index (χ4n) is 6.50. The van der Waals surface area contributed by atoms with Crippen molar-refractivity contribution >= 4 is 31.5 Å². The van der Waals surface area contributed by atoms with Crippen molar-refractivity contribution in [1.29, 1.82) is 0 Å². The monoisotopic (exact) mass is 643 g/mol. The Balaban J connectivity index is 1.15. The first-order valence-corrected chi connectivity index (χ1v) is 17.2. The van der Waals surface area contributed by atoms with Crippen LogP contribution in [0.25, 0.3) is 87.7 Å². The molecule has 0 unspecified atom stereocenters. The molecular formula is C45H29N3S. The maximum Gasteiger partial charge on any atom is 0.164 e. The molecule has 0 saturated heterocycles. The van der Waals surface area contributed by atoms with Crippen LogP contribution in [0.5, 0.6) is 0 Å². The lowest BCUT2D eigenvalue weighted by molar-refractivity contribution is 1.07. The lowest BCUT2D eigenvalue weighted by Gasteiger charge is -2.10. The highest BCUT2D eigenvalue weighted by atomic mass is 32.1. The van der Waals surface area contributed by atoms with Crippen molar-refractivity contribution in [3.8, 4) is 67.5 Å². The predicted octanol–water partition coefficient (Wildman–Crippen LogP) is 12.2. The van der Waals surface area contributed by atoms with Crippen molar-refractivity contribution in [3.63, 3.8) is 0 Å². The van der Waals surface area contributed by atoms with Gasteiger partial charge in [0.2, 0.25) is 0 Å². The number of fused-ring (bicyclic) bond motifs is 3. The van der Waals surface area contributed by atoms with Gasteiger partial charge < -0.3 is 0 Å². The van der Waals surface area contributed by atoms with Gasteiger partial charge in [-0.1, -0.05) is 158 Å². The van der Waals surface area contributed by atoms with Crippen LogP contribution in [-0.2, 0) is 0 Å². The van der Waals surface area contributed by atoms with E-state index in [0.717, 1.165) is 22.3 Å². The molecule has 0 spiro atoms. The molecule has 0 aliphatic carbocycles. The van der Waals surface area contributed by atoms with Crippen LogP contribution in [0.2, 0.25) is 0 Å². The van der Waals surface area contributed by atoms with Gasteiger partial charge in [-0.3, -0.25) is 0 Å². The van der Waals surface area contributed by atoms with E-state index in [-0.39, 0.29) is 0 Å². The molecule has 0 aliphatic heterocycles. The summed E-state index contributed by atoms with van der Waals surface area (Å²) < 4.78 is 2.46. The highest BCUT2D eigenvalue weighted by molar-refractivity contribution is 7.26. The standard InChI is InChI=1S/C45H29N3S/c1-4-12-30(13-5-1)32-22-24-34(25-23-32)44-46-43(33-16-8-3-9-17-33)47-45(48-44)37-26-27-39-41(29-37)49-40-21-11-20-38(42(39)40)36-19-10-18-35(28-36)31-14-6-2-7-15-31/h1-29H. The molecule has 0 radical (unpaired) electrons. The summed E-state index contributed by atoms with van der Waals surface area (Å²) >= 11 is 1.81. The molecule has 2 aromatic heterocycles. The predicted molar refractivity (Wildman–Crippen MR) is 205 cm³/mol. The van der Waals surface area contributed by atoms with Crippen molar-refractivity contribution in [3.05, 3.63) is 176 Å². The molecule has 0 N–H and O–H groups in total. The Morgan fingerprint density at radius 3 is 1.45 bits per heavy atom. The molecule has 0 bridgehead atoms. The number of benzene rings is 7. The van der Waals surface area contributed by atoms with E-state index in [1.165, 1.54) is 48.0 Å². The zero-order chi connectivity index (χ0) is 32.6. The third kappa shape index (κ3) is 5.58. The highest BCUT2D eigenvalue weighted by Gasteiger charge is 2.16. The first-order valence-electron chi connectivity index (χ1n) is 16.4. The Hall–Kier alpha value is -6.23. The minimum atomic E-state index is 0.653. The van der Waals surface area contributed by atoms with Gasteiger partial charge in [0.05, 0.1) is 0 Å². The second-order valence-electron chi connectivity index (χ2n) is 12.1. The number of hydrogen-bond donors (Lipinski definition) is 0. The fourth-order valence-corrected chi connectivity index (χ4v) is 7.67. The molecule has 3 nitrogen and oxygen atoms in total. The minimum absolute atomic E-state index is 0.653. The van der Waals surface area contributed by atoms with Gasteiger partial charge in [0, 0.05) is 36.9 Å². The van der Waals surface area contributed by atoms with Crippen molar-refractivity contribution in [2.75, 3.05) is 0 Å². The van der Waals surface area contributed by atoms with Crippen LogP contribution >= 0.6 is 11.3 Å². The molecule has 0 atom stereocenters.